The number of nitrogens with two attached hydrogens (primary N) is 2. The number of hydrogen-bond donors (Lipinski definition) is 2. The third-order valence-corrected chi connectivity index (χ3v) is 1.33. The zero-order valence-corrected chi connectivity index (χ0v) is 6.49. The second-order valence-corrected chi connectivity index (χ2v) is 2.63. The molecule has 0 bridgehead atoms. The molecule has 0 rings (SSSR count). The summed E-state index contributed by atoms with van der Waals surface area (Å²) in [7, 11) is 0. The molecule has 6 heteroatoms. The minimum absolute atomic E-state index is 0.312. The lowest BCUT2D eigenvalue weighted by Gasteiger charge is -2.21. The molecule has 0 radical (unpaired) electrons. The first-order chi connectivity index (χ1) is 5.33. The zero-order valence-electron chi connectivity index (χ0n) is 6.49. The highest BCUT2D eigenvalue weighted by Crippen LogP contribution is 2.31. The Hall–Kier alpha value is -0.360. The van der Waals surface area contributed by atoms with Crippen molar-refractivity contribution < 1.29 is 17.6 Å². The van der Waals surface area contributed by atoms with Crippen molar-refractivity contribution >= 4 is 0 Å². The maximum Gasteiger partial charge on any atom is 0.265 e. The van der Waals surface area contributed by atoms with E-state index in [0.717, 1.165) is 0 Å². The monoisotopic (exact) mass is 188 g/mol. The Bertz CT molecular complexity index is 138. The maximum atomic E-state index is 12.5. The van der Waals surface area contributed by atoms with Gasteiger partial charge in [-0.1, -0.05) is 0 Å². The molecule has 0 aromatic heterocycles. The Morgan fingerprint density at radius 1 is 0.917 bits per heavy atom. The van der Waals surface area contributed by atoms with Crippen LogP contribution < -0.4 is 11.5 Å². The molecule has 0 spiro atoms. The average molecular weight is 188 g/mol. The van der Waals surface area contributed by atoms with Gasteiger partial charge in [0, 0.05) is 6.42 Å². The molecular formula is C6H12F4N2. The summed E-state index contributed by atoms with van der Waals surface area (Å²) in [6, 6.07) is 0. The predicted molar refractivity (Wildman–Crippen MR) is 37.2 cm³/mol. The first-order valence-corrected chi connectivity index (χ1v) is 3.49. The molecule has 0 aliphatic rings. The van der Waals surface area contributed by atoms with Crippen molar-refractivity contribution in [2.24, 2.45) is 11.5 Å². The SMILES string of the molecule is NCCC(F)(F)CC(F)(F)CN. The number of hydrogen-bond acceptors (Lipinski definition) is 2. The summed E-state index contributed by atoms with van der Waals surface area (Å²) in [4.78, 5) is 0. The van der Waals surface area contributed by atoms with Gasteiger partial charge < -0.3 is 11.5 Å². The highest BCUT2D eigenvalue weighted by atomic mass is 19.3. The van der Waals surface area contributed by atoms with Gasteiger partial charge in [-0.05, 0) is 6.54 Å². The van der Waals surface area contributed by atoms with Gasteiger partial charge in [-0.3, -0.25) is 0 Å². The van der Waals surface area contributed by atoms with Crippen molar-refractivity contribution in [2.75, 3.05) is 13.1 Å². The van der Waals surface area contributed by atoms with Crippen molar-refractivity contribution in [3.8, 4) is 0 Å². The molecule has 0 heterocycles. The van der Waals surface area contributed by atoms with E-state index in [1.165, 1.54) is 0 Å². The Balaban J connectivity index is 4.04. The van der Waals surface area contributed by atoms with E-state index in [0.29, 0.717) is 0 Å². The van der Waals surface area contributed by atoms with Crippen LogP contribution in [0.1, 0.15) is 12.8 Å². The van der Waals surface area contributed by atoms with Crippen LogP contribution in [0.3, 0.4) is 0 Å². The van der Waals surface area contributed by atoms with Crippen molar-refractivity contribution in [3.05, 3.63) is 0 Å². The van der Waals surface area contributed by atoms with Crippen LogP contribution in [0.15, 0.2) is 0 Å². The first kappa shape index (κ1) is 11.6. The highest BCUT2D eigenvalue weighted by Gasteiger charge is 2.41. The zero-order chi connectivity index (χ0) is 9.83. The van der Waals surface area contributed by atoms with Crippen LogP contribution in [0, 0.1) is 0 Å². The minimum Gasteiger partial charge on any atom is -0.330 e. The van der Waals surface area contributed by atoms with Gasteiger partial charge in [-0.2, -0.15) is 0 Å². The molecule has 0 amide bonds. The molecule has 0 atom stereocenters. The largest absolute Gasteiger partial charge is 0.330 e. The Morgan fingerprint density at radius 3 is 1.75 bits per heavy atom. The van der Waals surface area contributed by atoms with Gasteiger partial charge in [-0.25, -0.2) is 17.6 Å². The second-order valence-electron chi connectivity index (χ2n) is 2.63. The lowest BCUT2D eigenvalue weighted by atomic mass is 10.1. The fourth-order valence-corrected chi connectivity index (χ4v) is 0.750. The lowest BCUT2D eigenvalue weighted by Crippen LogP contribution is -2.36. The summed E-state index contributed by atoms with van der Waals surface area (Å²) in [5, 5.41) is 0. The smallest absolute Gasteiger partial charge is 0.265 e. The summed E-state index contributed by atoms with van der Waals surface area (Å²) in [6.07, 6.45) is -2.25. The lowest BCUT2D eigenvalue weighted by molar-refractivity contribution is -0.107. The Kier molecular flexibility index (Phi) is 3.92. The Morgan fingerprint density at radius 2 is 1.42 bits per heavy atom. The van der Waals surface area contributed by atoms with Crippen molar-refractivity contribution in [1.29, 1.82) is 0 Å². The predicted octanol–water partition coefficient (Wildman–Crippen LogP) is 0.955. The fraction of sp³-hybridized carbons (Fsp3) is 1.00. The fourth-order valence-electron chi connectivity index (χ4n) is 0.750. The minimum atomic E-state index is -3.50. The first-order valence-electron chi connectivity index (χ1n) is 3.49. The third kappa shape index (κ3) is 4.50. The second kappa shape index (κ2) is 4.04. The van der Waals surface area contributed by atoms with Crippen molar-refractivity contribution in [3.63, 3.8) is 0 Å². The molecule has 0 aliphatic heterocycles. The summed E-state index contributed by atoms with van der Waals surface area (Å²) in [6.45, 7) is -1.37. The van der Waals surface area contributed by atoms with Crippen LogP contribution in [0.25, 0.3) is 0 Å². The van der Waals surface area contributed by atoms with Crippen molar-refractivity contribution in [2.45, 2.75) is 24.7 Å². The molecule has 0 fully saturated rings. The van der Waals surface area contributed by atoms with Crippen LogP contribution in [0.5, 0.6) is 0 Å². The topological polar surface area (TPSA) is 52.0 Å². The normalized spacial score (nSPS) is 13.5. The van der Waals surface area contributed by atoms with Gasteiger partial charge in [0.05, 0.1) is 13.0 Å². The van der Waals surface area contributed by atoms with E-state index in [2.05, 4.69) is 5.73 Å². The summed E-state index contributed by atoms with van der Waals surface area (Å²) >= 11 is 0. The third-order valence-electron chi connectivity index (χ3n) is 1.33. The molecule has 12 heavy (non-hydrogen) atoms. The molecular weight excluding hydrogens is 176 g/mol. The molecule has 4 N–H and O–H groups in total. The summed E-state index contributed by atoms with van der Waals surface area (Å²) < 4.78 is 49.6. The molecule has 0 unspecified atom stereocenters. The van der Waals surface area contributed by atoms with Gasteiger partial charge in [0.15, 0.2) is 0 Å². The van der Waals surface area contributed by atoms with Gasteiger partial charge in [-0.15, -0.1) is 0 Å². The molecule has 0 saturated carbocycles. The summed E-state index contributed by atoms with van der Waals surface area (Å²) in [5.41, 5.74) is 9.41. The van der Waals surface area contributed by atoms with E-state index in [1.54, 1.807) is 0 Å². The number of alkyl halides is 4. The molecule has 0 saturated heterocycles. The molecule has 0 aromatic rings. The van der Waals surface area contributed by atoms with Gasteiger partial charge in [0.1, 0.15) is 0 Å². The van der Waals surface area contributed by atoms with Crippen LogP contribution >= 0.6 is 0 Å². The van der Waals surface area contributed by atoms with Crippen LogP contribution in [0.2, 0.25) is 0 Å². The van der Waals surface area contributed by atoms with E-state index in [-0.39, 0.29) is 6.54 Å². The molecule has 74 valence electrons. The summed E-state index contributed by atoms with van der Waals surface area (Å²) in [5.74, 6) is -6.92. The molecule has 0 aliphatic carbocycles. The average Bonchev–Trinajstić information content (AvgIpc) is 1.85. The van der Waals surface area contributed by atoms with E-state index in [1.807, 2.05) is 0 Å². The highest BCUT2D eigenvalue weighted by molar-refractivity contribution is 4.78. The van der Waals surface area contributed by atoms with Crippen molar-refractivity contribution in [1.82, 2.24) is 0 Å². The van der Waals surface area contributed by atoms with Gasteiger partial charge in [0.2, 0.25) is 0 Å². The van der Waals surface area contributed by atoms with Crippen LogP contribution in [-0.2, 0) is 0 Å². The van der Waals surface area contributed by atoms with E-state index < -0.39 is 31.2 Å². The molecule has 0 aromatic carbocycles. The quantitative estimate of drug-likeness (QED) is 0.631. The van der Waals surface area contributed by atoms with Gasteiger partial charge in [0.25, 0.3) is 11.8 Å². The standard InChI is InChI=1S/C6H12F4N2/c7-5(8,1-2-11)3-6(9,10)4-12/h1-4,11-12H2. The Labute approximate surface area is 67.9 Å². The molecule has 2 nitrogen and oxygen atoms in total. The van der Waals surface area contributed by atoms with Crippen LogP contribution in [0.4, 0.5) is 17.6 Å². The van der Waals surface area contributed by atoms with Gasteiger partial charge >= 0.3 is 0 Å². The van der Waals surface area contributed by atoms with Crippen LogP contribution in [-0.4, -0.2) is 24.9 Å². The number of rotatable bonds is 5. The van der Waals surface area contributed by atoms with E-state index in [9.17, 15) is 17.6 Å². The van der Waals surface area contributed by atoms with E-state index >= 15 is 0 Å². The number of halogens is 4. The van der Waals surface area contributed by atoms with E-state index in [4.69, 9.17) is 5.73 Å². The maximum absolute atomic E-state index is 12.5.